The zero-order valence-corrected chi connectivity index (χ0v) is 18.7. The van der Waals surface area contributed by atoms with Crippen molar-refractivity contribution < 1.29 is 0 Å². The second-order valence-corrected chi connectivity index (χ2v) is 7.90. The van der Waals surface area contributed by atoms with Crippen LogP contribution in [0.15, 0.2) is 41.9 Å². The molecule has 2 aromatic rings. The average Bonchev–Trinajstić information content (AvgIpc) is 3.22. The van der Waals surface area contributed by atoms with Crippen molar-refractivity contribution in [2.24, 2.45) is 4.99 Å². The first-order valence-corrected chi connectivity index (χ1v) is 11.0. The van der Waals surface area contributed by atoms with E-state index in [2.05, 4.69) is 74.6 Å². The molecule has 0 fully saturated rings. The lowest BCUT2D eigenvalue weighted by molar-refractivity contribution is 0.435. The van der Waals surface area contributed by atoms with Gasteiger partial charge in [0.15, 0.2) is 0 Å². The Labute approximate surface area is 172 Å². The number of nitrogens with zero attached hydrogens (tertiary/aromatic N) is 3. The van der Waals surface area contributed by atoms with E-state index in [0.29, 0.717) is 6.04 Å². The van der Waals surface area contributed by atoms with Gasteiger partial charge in [0.05, 0.1) is 12.6 Å². The summed E-state index contributed by atoms with van der Waals surface area (Å²) in [7, 11) is 0. The fourth-order valence-electron chi connectivity index (χ4n) is 4.16. The monoisotopic (exact) mass is 381 g/mol. The number of hydrogen-bond donors (Lipinski definition) is 0. The fourth-order valence-corrected chi connectivity index (χ4v) is 4.16. The van der Waals surface area contributed by atoms with Crippen LogP contribution < -0.4 is 0 Å². The second-order valence-electron chi connectivity index (χ2n) is 7.90. The maximum Gasteiger partial charge on any atom is 0.131 e. The Balaban J connectivity index is 2.21. The van der Waals surface area contributed by atoms with Crippen molar-refractivity contribution in [3.05, 3.63) is 59.7 Å². The van der Waals surface area contributed by atoms with Crippen LogP contribution in [-0.2, 0) is 6.42 Å². The Kier molecular flexibility index (Phi) is 8.82. The van der Waals surface area contributed by atoms with Gasteiger partial charge >= 0.3 is 0 Å². The minimum absolute atomic E-state index is 0.410. The third-order valence-electron chi connectivity index (χ3n) is 5.73. The molecule has 3 nitrogen and oxygen atoms in total. The quantitative estimate of drug-likeness (QED) is 0.232. The normalized spacial score (nSPS) is 13.1. The van der Waals surface area contributed by atoms with Crippen LogP contribution in [0.1, 0.15) is 81.2 Å². The highest BCUT2D eigenvalue weighted by Crippen LogP contribution is 2.23. The van der Waals surface area contributed by atoms with Gasteiger partial charge in [0.2, 0.25) is 0 Å². The van der Waals surface area contributed by atoms with Gasteiger partial charge in [-0.25, -0.2) is 0 Å². The number of allylic oxidation sites excluding steroid dienone is 1. The summed E-state index contributed by atoms with van der Waals surface area (Å²) < 4.78 is 4.73. The van der Waals surface area contributed by atoms with E-state index < -0.39 is 0 Å². The van der Waals surface area contributed by atoms with Crippen molar-refractivity contribution >= 4 is 5.84 Å². The molecule has 3 heteroatoms. The highest BCUT2D eigenvalue weighted by molar-refractivity contribution is 5.95. The summed E-state index contributed by atoms with van der Waals surface area (Å²) in [4.78, 5) is 5.05. The van der Waals surface area contributed by atoms with Gasteiger partial charge in [-0.05, 0) is 64.0 Å². The van der Waals surface area contributed by atoms with Gasteiger partial charge in [-0.3, -0.25) is 4.99 Å². The topological polar surface area (TPSA) is 22.2 Å². The second kappa shape index (κ2) is 11.1. The number of aryl methyl sites for hydroxylation is 4. The van der Waals surface area contributed by atoms with Gasteiger partial charge in [-0.2, -0.15) is 0 Å². The highest BCUT2D eigenvalue weighted by Gasteiger charge is 2.15. The van der Waals surface area contributed by atoms with E-state index in [1.54, 1.807) is 0 Å². The molecule has 154 valence electrons. The van der Waals surface area contributed by atoms with Crippen molar-refractivity contribution in [1.82, 2.24) is 9.13 Å². The van der Waals surface area contributed by atoms with Crippen molar-refractivity contribution in [3.63, 3.8) is 0 Å². The van der Waals surface area contributed by atoms with Gasteiger partial charge in [0.1, 0.15) is 5.84 Å². The predicted octanol–water partition coefficient (Wildman–Crippen LogP) is 6.81. The minimum Gasteiger partial charge on any atom is -0.344 e. The van der Waals surface area contributed by atoms with E-state index in [0.717, 1.165) is 18.8 Å². The lowest BCUT2D eigenvalue weighted by Crippen LogP contribution is -2.19. The van der Waals surface area contributed by atoms with Crippen molar-refractivity contribution in [1.29, 1.82) is 0 Å². The summed E-state index contributed by atoms with van der Waals surface area (Å²) in [6, 6.07) is 9.22. The average molecular weight is 382 g/mol. The van der Waals surface area contributed by atoms with E-state index in [9.17, 15) is 0 Å². The summed E-state index contributed by atoms with van der Waals surface area (Å²) >= 11 is 0. The van der Waals surface area contributed by atoms with Crippen LogP contribution in [0.5, 0.6) is 0 Å². The fraction of sp³-hybridized carbons (Fsp3) is 0.560. The van der Waals surface area contributed by atoms with Gasteiger partial charge < -0.3 is 9.13 Å². The lowest BCUT2D eigenvalue weighted by Gasteiger charge is -2.22. The molecule has 0 saturated carbocycles. The van der Waals surface area contributed by atoms with Gasteiger partial charge in [-0.15, -0.1) is 0 Å². The molecule has 0 radical (unpaired) electrons. The van der Waals surface area contributed by atoms with E-state index in [1.165, 1.54) is 61.3 Å². The first-order chi connectivity index (χ1) is 13.5. The number of rotatable bonds is 11. The van der Waals surface area contributed by atoms with Crippen LogP contribution in [0.2, 0.25) is 0 Å². The van der Waals surface area contributed by atoms with Crippen LogP contribution in [0.3, 0.4) is 0 Å². The van der Waals surface area contributed by atoms with Crippen LogP contribution in [0.25, 0.3) is 0 Å². The molecule has 1 atom stereocenters. The summed E-state index contributed by atoms with van der Waals surface area (Å²) in [5.41, 5.74) is 5.18. The molecule has 0 aliphatic carbocycles. The maximum atomic E-state index is 5.05. The van der Waals surface area contributed by atoms with E-state index >= 15 is 0 Å². The number of aliphatic imine (C=N–C) groups is 1. The van der Waals surface area contributed by atoms with Gasteiger partial charge in [-0.1, -0.05) is 52.5 Å². The zero-order chi connectivity index (χ0) is 20.5. The van der Waals surface area contributed by atoms with E-state index in [4.69, 9.17) is 4.99 Å². The Hall–Kier alpha value is -2.03. The molecule has 0 bridgehead atoms. The molecule has 0 amide bonds. The molecule has 2 heterocycles. The first-order valence-electron chi connectivity index (χ1n) is 11.0. The molecule has 0 N–H and O–H groups in total. The smallest absolute Gasteiger partial charge is 0.131 e. The first kappa shape index (κ1) is 22.3. The zero-order valence-electron chi connectivity index (χ0n) is 18.7. The lowest BCUT2D eigenvalue weighted by atomic mass is 10.1. The molecule has 28 heavy (non-hydrogen) atoms. The molecular formula is C25H39N3. The van der Waals surface area contributed by atoms with Crippen molar-refractivity contribution in [2.45, 2.75) is 85.6 Å². The van der Waals surface area contributed by atoms with Gasteiger partial charge in [0.25, 0.3) is 0 Å². The molecule has 0 aliphatic heterocycles. The largest absolute Gasteiger partial charge is 0.344 e. The van der Waals surface area contributed by atoms with Crippen LogP contribution in [0.4, 0.5) is 0 Å². The van der Waals surface area contributed by atoms with Crippen LogP contribution in [0, 0.1) is 20.8 Å². The summed E-state index contributed by atoms with van der Waals surface area (Å²) in [5, 5.41) is 0. The maximum absolute atomic E-state index is 5.05. The number of unbranched alkanes of at least 4 members (excludes halogenated alkanes) is 4. The molecule has 0 saturated heterocycles. The number of aromatic nitrogens is 2. The summed E-state index contributed by atoms with van der Waals surface area (Å²) in [5.74, 6) is 0.970. The molecular weight excluding hydrogens is 342 g/mol. The van der Waals surface area contributed by atoms with Crippen LogP contribution in [-0.4, -0.2) is 21.5 Å². The summed E-state index contributed by atoms with van der Waals surface area (Å²) in [6.07, 6.45) is 10.6. The molecule has 0 spiro atoms. The van der Waals surface area contributed by atoms with E-state index in [1.807, 2.05) is 6.08 Å². The molecule has 2 rings (SSSR count). The standard InChI is InChI=1S/C25H39N3/c1-7-10-11-12-13-14-24(27-20(4)15-16-21(27)5)19-26-25(9-3)28-22(6)17-18-23(28)8-2/h9,15-18,24H,3,7-8,10-14,19H2,1-2,4-6H3. The van der Waals surface area contributed by atoms with Gasteiger partial charge in [0, 0.05) is 22.8 Å². The molecule has 0 aromatic carbocycles. The Morgan fingerprint density at radius 3 is 2.21 bits per heavy atom. The third-order valence-corrected chi connectivity index (χ3v) is 5.73. The Bertz CT molecular complexity index is 756. The Morgan fingerprint density at radius 2 is 1.61 bits per heavy atom. The molecule has 0 aliphatic rings. The van der Waals surface area contributed by atoms with Crippen molar-refractivity contribution in [2.75, 3.05) is 6.54 Å². The SMILES string of the molecule is C=CC(=NCC(CCCCCCC)n1c(C)ccc1C)n1c(C)ccc1CC. The number of hydrogen-bond acceptors (Lipinski definition) is 1. The third kappa shape index (κ3) is 5.50. The van der Waals surface area contributed by atoms with Crippen molar-refractivity contribution in [3.8, 4) is 0 Å². The Morgan fingerprint density at radius 1 is 0.964 bits per heavy atom. The highest BCUT2D eigenvalue weighted by atomic mass is 15.1. The van der Waals surface area contributed by atoms with E-state index in [-0.39, 0.29) is 0 Å². The molecule has 1 unspecified atom stereocenters. The van der Waals surface area contributed by atoms with Crippen LogP contribution >= 0.6 is 0 Å². The summed E-state index contributed by atoms with van der Waals surface area (Å²) in [6.45, 7) is 15.9. The minimum atomic E-state index is 0.410. The predicted molar refractivity (Wildman–Crippen MR) is 123 cm³/mol. The molecule has 2 aromatic heterocycles.